The molecule has 0 aromatic heterocycles. The van der Waals surface area contributed by atoms with Crippen molar-refractivity contribution in [1.82, 2.24) is 15.1 Å². The van der Waals surface area contributed by atoms with E-state index < -0.39 is 12.2 Å². The number of halogens is 1. The number of hydrogen-bond donors (Lipinski definition) is 3. The van der Waals surface area contributed by atoms with Gasteiger partial charge in [-0.2, -0.15) is 0 Å². The molecule has 9 nitrogen and oxygen atoms in total. The predicted molar refractivity (Wildman–Crippen MR) is 130 cm³/mol. The number of likely N-dealkylation sites (N-methyl/N-ethyl adjacent to an activating group) is 1. The molecule has 196 valence electrons. The average Bonchev–Trinajstić information content (AvgIpc) is 2.85. The third-order valence-electron chi connectivity index (χ3n) is 6.81. The second-order valence-corrected chi connectivity index (χ2v) is 9.66. The van der Waals surface area contributed by atoms with E-state index in [9.17, 15) is 14.0 Å². The van der Waals surface area contributed by atoms with E-state index in [0.717, 1.165) is 50.2 Å². The van der Waals surface area contributed by atoms with Crippen molar-refractivity contribution in [3.63, 3.8) is 0 Å². The third kappa shape index (κ3) is 8.63. The van der Waals surface area contributed by atoms with Gasteiger partial charge in [0.05, 0.1) is 12.7 Å². The fourth-order valence-corrected chi connectivity index (χ4v) is 4.88. The number of nitrogens with one attached hydrogen (secondary N) is 1. The molecule has 0 saturated carbocycles. The van der Waals surface area contributed by atoms with Gasteiger partial charge in [0.2, 0.25) is 0 Å². The number of carbonyl (C=O) groups excluding carboxylic acids is 1. The van der Waals surface area contributed by atoms with Gasteiger partial charge in [0.25, 0.3) is 0 Å². The molecule has 0 unspecified atom stereocenters. The van der Waals surface area contributed by atoms with Gasteiger partial charge in [-0.15, -0.1) is 0 Å². The Morgan fingerprint density at radius 1 is 1.37 bits per heavy atom. The van der Waals surface area contributed by atoms with Crippen LogP contribution in [0.5, 0.6) is 0 Å². The smallest absolute Gasteiger partial charge is 0.407 e. The van der Waals surface area contributed by atoms with Crippen LogP contribution in [-0.2, 0) is 9.47 Å². The van der Waals surface area contributed by atoms with Crippen molar-refractivity contribution in [3.05, 3.63) is 35.6 Å². The normalized spacial score (nSPS) is 22.3. The second-order valence-electron chi connectivity index (χ2n) is 9.66. The highest BCUT2D eigenvalue weighted by Gasteiger charge is 2.31. The van der Waals surface area contributed by atoms with Gasteiger partial charge in [-0.3, -0.25) is 0 Å². The summed E-state index contributed by atoms with van der Waals surface area (Å²) < 4.78 is 25.6. The molecule has 2 heterocycles. The number of urea groups is 1. The zero-order valence-electron chi connectivity index (χ0n) is 20.5. The lowest BCUT2D eigenvalue weighted by Crippen LogP contribution is -2.49. The number of carbonyl (C=O) groups is 2. The summed E-state index contributed by atoms with van der Waals surface area (Å²) in [4.78, 5) is 26.9. The van der Waals surface area contributed by atoms with Crippen LogP contribution < -0.4 is 11.1 Å². The van der Waals surface area contributed by atoms with Crippen LogP contribution in [0.1, 0.15) is 43.8 Å². The Bertz CT molecular complexity index is 823. The fourth-order valence-electron chi connectivity index (χ4n) is 4.88. The quantitative estimate of drug-likeness (QED) is 0.460. The highest BCUT2D eigenvalue weighted by Crippen LogP contribution is 2.33. The van der Waals surface area contributed by atoms with Gasteiger partial charge in [0, 0.05) is 58.4 Å². The lowest BCUT2D eigenvalue weighted by atomic mass is 9.88. The number of hydrogen-bond acceptors (Lipinski definition) is 5. The van der Waals surface area contributed by atoms with E-state index in [1.54, 1.807) is 11.0 Å². The Balaban J connectivity index is 1.56. The largest absolute Gasteiger partial charge is 0.465 e. The molecule has 1 aromatic carbocycles. The van der Waals surface area contributed by atoms with E-state index in [4.69, 9.17) is 20.3 Å². The Labute approximate surface area is 206 Å². The molecule has 10 heteroatoms. The van der Waals surface area contributed by atoms with Crippen molar-refractivity contribution in [2.45, 2.75) is 44.2 Å². The summed E-state index contributed by atoms with van der Waals surface area (Å²) >= 11 is 0. The van der Waals surface area contributed by atoms with Gasteiger partial charge >= 0.3 is 12.1 Å². The molecule has 35 heavy (non-hydrogen) atoms. The number of piperidine rings is 1. The van der Waals surface area contributed by atoms with E-state index in [1.807, 2.05) is 6.07 Å². The van der Waals surface area contributed by atoms with Crippen LogP contribution in [0.2, 0.25) is 0 Å². The van der Waals surface area contributed by atoms with Crippen molar-refractivity contribution >= 4 is 12.1 Å². The Morgan fingerprint density at radius 2 is 2.20 bits per heavy atom. The van der Waals surface area contributed by atoms with E-state index >= 15 is 0 Å². The molecule has 2 aliphatic rings. The number of nitrogens with zero attached hydrogens (tertiary/aromatic N) is 2. The Hall–Kier alpha value is -2.43. The second kappa shape index (κ2) is 13.6. The SMILES string of the molecule is CN(CCO[C@@H](c1cccc(F)c1)[C@@H]1CCCN(C(=O)NC[C@@H](N)C[C@H]2CCCOC2)C1)C(=O)O. The van der Waals surface area contributed by atoms with Crippen LogP contribution in [0.15, 0.2) is 24.3 Å². The van der Waals surface area contributed by atoms with Crippen LogP contribution in [0.4, 0.5) is 14.0 Å². The molecule has 4 N–H and O–H groups in total. The van der Waals surface area contributed by atoms with Crippen LogP contribution >= 0.6 is 0 Å². The zero-order chi connectivity index (χ0) is 25.2. The molecule has 0 radical (unpaired) electrons. The van der Waals surface area contributed by atoms with Crippen molar-refractivity contribution in [1.29, 1.82) is 0 Å². The van der Waals surface area contributed by atoms with Gasteiger partial charge in [-0.1, -0.05) is 12.1 Å². The van der Waals surface area contributed by atoms with Crippen molar-refractivity contribution in [3.8, 4) is 0 Å². The van der Waals surface area contributed by atoms with Crippen LogP contribution in [0.3, 0.4) is 0 Å². The predicted octanol–water partition coefficient (Wildman–Crippen LogP) is 3.06. The third-order valence-corrected chi connectivity index (χ3v) is 6.81. The first-order valence-electron chi connectivity index (χ1n) is 12.5. The van der Waals surface area contributed by atoms with E-state index in [0.29, 0.717) is 31.1 Å². The first-order chi connectivity index (χ1) is 16.8. The highest BCUT2D eigenvalue weighted by atomic mass is 19.1. The van der Waals surface area contributed by atoms with Crippen LogP contribution in [0, 0.1) is 17.7 Å². The number of benzene rings is 1. The average molecular weight is 495 g/mol. The molecule has 2 fully saturated rings. The molecule has 0 bridgehead atoms. The van der Waals surface area contributed by atoms with Gasteiger partial charge in [0.1, 0.15) is 5.82 Å². The minimum Gasteiger partial charge on any atom is -0.465 e. The molecular formula is C25H39FN4O5. The van der Waals surface area contributed by atoms with Gasteiger partial charge < -0.3 is 35.4 Å². The summed E-state index contributed by atoms with van der Waals surface area (Å²) in [5.41, 5.74) is 6.95. The van der Waals surface area contributed by atoms with Crippen LogP contribution in [-0.4, -0.2) is 86.1 Å². The topological polar surface area (TPSA) is 117 Å². The van der Waals surface area contributed by atoms with Gasteiger partial charge in [-0.25, -0.2) is 14.0 Å². The zero-order valence-corrected chi connectivity index (χ0v) is 20.5. The molecule has 3 amide bonds. The molecule has 2 aliphatic heterocycles. The molecule has 3 rings (SSSR count). The van der Waals surface area contributed by atoms with Crippen molar-refractivity contribution in [2.75, 3.05) is 53.0 Å². The summed E-state index contributed by atoms with van der Waals surface area (Å²) in [7, 11) is 1.47. The Morgan fingerprint density at radius 3 is 2.91 bits per heavy atom. The maximum Gasteiger partial charge on any atom is 0.407 e. The van der Waals surface area contributed by atoms with Crippen molar-refractivity contribution < 1.29 is 28.6 Å². The lowest BCUT2D eigenvalue weighted by Gasteiger charge is -2.37. The number of carboxylic acid groups (broad SMARTS) is 1. The van der Waals surface area contributed by atoms with Crippen molar-refractivity contribution in [2.24, 2.45) is 17.6 Å². The number of amides is 3. The fraction of sp³-hybridized carbons (Fsp3) is 0.680. The molecule has 0 spiro atoms. The highest BCUT2D eigenvalue weighted by molar-refractivity contribution is 5.74. The lowest BCUT2D eigenvalue weighted by molar-refractivity contribution is -0.0155. The van der Waals surface area contributed by atoms with Gasteiger partial charge in [0.15, 0.2) is 0 Å². The molecular weight excluding hydrogens is 455 g/mol. The first kappa shape index (κ1) is 27.2. The standard InChI is InChI=1S/C25H39FN4O5/c1-29(25(32)33)10-12-35-23(19-6-2-8-21(26)14-19)20-7-3-9-30(16-20)24(31)28-15-22(27)13-18-5-4-11-34-17-18/h2,6,8,14,18,20,22-23H,3-5,7,9-13,15-17,27H2,1H3,(H,28,31)(H,32,33)/t18-,20-,22+,23+/m1/s1. The van der Waals surface area contributed by atoms with E-state index in [-0.39, 0.29) is 37.0 Å². The van der Waals surface area contributed by atoms with E-state index in [1.165, 1.54) is 19.2 Å². The van der Waals surface area contributed by atoms with Crippen LogP contribution in [0.25, 0.3) is 0 Å². The molecule has 2 saturated heterocycles. The Kier molecular flexibility index (Phi) is 10.6. The molecule has 0 aliphatic carbocycles. The number of nitrogens with two attached hydrogens (primary N) is 1. The summed E-state index contributed by atoms with van der Waals surface area (Å²) in [6.45, 7) is 3.42. The van der Waals surface area contributed by atoms with Gasteiger partial charge in [-0.05, 0) is 55.7 Å². The minimum atomic E-state index is -1.04. The first-order valence-corrected chi connectivity index (χ1v) is 12.5. The van der Waals surface area contributed by atoms with E-state index in [2.05, 4.69) is 5.32 Å². The number of rotatable bonds is 10. The molecule has 4 atom stereocenters. The molecule has 1 aromatic rings. The summed E-state index contributed by atoms with van der Waals surface area (Å²) in [5, 5.41) is 12.1. The maximum atomic E-state index is 14.0. The summed E-state index contributed by atoms with van der Waals surface area (Å²) in [5.74, 6) is 0.0420. The summed E-state index contributed by atoms with van der Waals surface area (Å²) in [6, 6.07) is 5.98. The maximum absolute atomic E-state index is 14.0. The number of ether oxygens (including phenoxy) is 2. The minimum absolute atomic E-state index is 0.0421. The summed E-state index contributed by atoms with van der Waals surface area (Å²) in [6.07, 6.45) is 3.12. The number of likely N-dealkylation sites (tertiary alicyclic amines) is 1. The monoisotopic (exact) mass is 494 g/mol.